The average molecular weight is 422 g/mol. The van der Waals surface area contributed by atoms with Crippen LogP contribution in [0, 0.1) is 0 Å². The van der Waals surface area contributed by atoms with Gasteiger partial charge in [-0.15, -0.1) is 0 Å². The molecule has 1 aliphatic heterocycles. The van der Waals surface area contributed by atoms with Gasteiger partial charge in [0.25, 0.3) is 17.7 Å². The van der Waals surface area contributed by atoms with Crippen LogP contribution < -0.4 is 10.2 Å². The molecule has 2 aromatic carbocycles. The van der Waals surface area contributed by atoms with Crippen LogP contribution in [0.15, 0.2) is 71.5 Å². The minimum Gasteiger partial charge on any atom is -0.322 e. The highest BCUT2D eigenvalue weighted by Gasteiger charge is 2.36. The van der Waals surface area contributed by atoms with Crippen molar-refractivity contribution >= 4 is 45.0 Å². The van der Waals surface area contributed by atoms with Gasteiger partial charge in [-0.1, -0.05) is 18.2 Å². The number of nitrogens with zero attached hydrogens (tertiary/aromatic N) is 2. The Bertz CT molecular complexity index is 1060. The van der Waals surface area contributed by atoms with Gasteiger partial charge in [0, 0.05) is 22.6 Å². The van der Waals surface area contributed by atoms with Crippen molar-refractivity contribution in [1.82, 2.24) is 4.98 Å². The van der Waals surface area contributed by atoms with Gasteiger partial charge in [-0.25, -0.2) is 4.90 Å². The molecule has 27 heavy (non-hydrogen) atoms. The first-order valence-electron chi connectivity index (χ1n) is 8.04. The number of rotatable bonds is 3. The van der Waals surface area contributed by atoms with E-state index < -0.39 is 0 Å². The van der Waals surface area contributed by atoms with Gasteiger partial charge in [0.1, 0.15) is 0 Å². The highest BCUT2D eigenvalue weighted by Crippen LogP contribution is 2.29. The van der Waals surface area contributed by atoms with Crippen molar-refractivity contribution in [2.24, 2.45) is 0 Å². The summed E-state index contributed by atoms with van der Waals surface area (Å²) in [5.41, 5.74) is 1.99. The van der Waals surface area contributed by atoms with Crippen LogP contribution >= 0.6 is 15.9 Å². The fourth-order valence-corrected chi connectivity index (χ4v) is 3.25. The predicted octanol–water partition coefficient (Wildman–Crippen LogP) is 3.90. The number of halogens is 1. The number of benzene rings is 2. The maximum absolute atomic E-state index is 12.6. The maximum atomic E-state index is 12.6. The molecule has 3 aromatic rings. The lowest BCUT2D eigenvalue weighted by molar-refractivity contribution is 0.0925. The number of carbonyl (C=O) groups excluding carboxylic acids is 3. The molecule has 0 fully saturated rings. The molecule has 0 saturated heterocycles. The molecular weight excluding hydrogens is 410 g/mol. The molecule has 0 radical (unpaired) electrons. The molecule has 132 valence electrons. The number of nitrogens with one attached hydrogen (secondary N) is 1. The second kappa shape index (κ2) is 6.77. The summed E-state index contributed by atoms with van der Waals surface area (Å²) in [5, 5.41) is 2.75. The zero-order valence-electron chi connectivity index (χ0n) is 13.8. The van der Waals surface area contributed by atoms with E-state index in [2.05, 4.69) is 26.2 Å². The van der Waals surface area contributed by atoms with E-state index in [1.165, 1.54) is 6.20 Å². The van der Waals surface area contributed by atoms with Gasteiger partial charge in [-0.05, 0) is 52.3 Å². The van der Waals surface area contributed by atoms with E-state index in [1.54, 1.807) is 60.8 Å². The van der Waals surface area contributed by atoms with Crippen molar-refractivity contribution in [3.05, 3.63) is 88.2 Å². The number of hydrogen-bond acceptors (Lipinski definition) is 4. The lowest BCUT2D eigenvalue weighted by Crippen LogP contribution is -2.29. The zero-order valence-corrected chi connectivity index (χ0v) is 15.4. The Morgan fingerprint density at radius 2 is 1.63 bits per heavy atom. The van der Waals surface area contributed by atoms with Crippen LogP contribution in [0.2, 0.25) is 0 Å². The number of fused-ring (bicyclic) bond motifs is 1. The van der Waals surface area contributed by atoms with Crippen LogP contribution in [0.3, 0.4) is 0 Å². The Morgan fingerprint density at radius 3 is 2.30 bits per heavy atom. The zero-order chi connectivity index (χ0) is 19.0. The van der Waals surface area contributed by atoms with Crippen molar-refractivity contribution in [2.75, 3.05) is 10.2 Å². The molecule has 0 bridgehead atoms. The van der Waals surface area contributed by atoms with Gasteiger partial charge in [0.2, 0.25) is 0 Å². The Morgan fingerprint density at radius 1 is 0.926 bits per heavy atom. The summed E-state index contributed by atoms with van der Waals surface area (Å²) < 4.78 is 0.690. The van der Waals surface area contributed by atoms with Crippen LogP contribution in [0.4, 0.5) is 11.4 Å². The summed E-state index contributed by atoms with van der Waals surface area (Å²) in [6.45, 7) is 0. The number of carbonyl (C=O) groups is 3. The van der Waals surface area contributed by atoms with E-state index in [-0.39, 0.29) is 17.7 Å². The van der Waals surface area contributed by atoms with E-state index in [0.717, 1.165) is 4.90 Å². The van der Waals surface area contributed by atoms with E-state index >= 15 is 0 Å². The van der Waals surface area contributed by atoms with Gasteiger partial charge < -0.3 is 5.32 Å². The largest absolute Gasteiger partial charge is 0.322 e. The number of amides is 3. The fraction of sp³-hybridized carbons (Fsp3) is 0. The van der Waals surface area contributed by atoms with Crippen LogP contribution in [-0.4, -0.2) is 22.7 Å². The monoisotopic (exact) mass is 421 g/mol. The number of imide groups is 1. The standard InChI is InChI=1S/C20H12BrN3O3/c21-13-8-12(10-22-11-13)18(25)23-14-4-3-5-15(9-14)24-19(26)16-6-1-2-7-17(16)20(24)27/h1-11H,(H,23,25). The highest BCUT2D eigenvalue weighted by molar-refractivity contribution is 9.10. The molecule has 1 aromatic heterocycles. The molecule has 7 heteroatoms. The Balaban J connectivity index is 1.61. The van der Waals surface area contributed by atoms with Crippen LogP contribution in [-0.2, 0) is 0 Å². The van der Waals surface area contributed by atoms with Crippen LogP contribution in [0.25, 0.3) is 0 Å². The number of hydrogen-bond donors (Lipinski definition) is 1. The molecule has 4 rings (SSSR count). The SMILES string of the molecule is O=C(Nc1cccc(N2C(=O)c3ccccc3C2=O)c1)c1cncc(Br)c1. The van der Waals surface area contributed by atoms with E-state index in [0.29, 0.717) is 32.5 Å². The lowest BCUT2D eigenvalue weighted by Gasteiger charge is -2.15. The first-order chi connectivity index (χ1) is 13.0. The van der Waals surface area contributed by atoms with Crippen LogP contribution in [0.1, 0.15) is 31.1 Å². The molecular formula is C20H12BrN3O3. The summed E-state index contributed by atoms with van der Waals surface area (Å²) in [4.78, 5) is 42.7. The molecule has 2 heterocycles. The van der Waals surface area contributed by atoms with Gasteiger partial charge in [-0.3, -0.25) is 19.4 Å². The second-order valence-corrected chi connectivity index (χ2v) is 6.80. The van der Waals surface area contributed by atoms with Crippen molar-refractivity contribution in [3.8, 4) is 0 Å². The Kier molecular flexibility index (Phi) is 4.29. The molecule has 0 spiro atoms. The van der Waals surface area contributed by atoms with Crippen LogP contribution in [0.5, 0.6) is 0 Å². The van der Waals surface area contributed by atoms with Crippen molar-refractivity contribution in [2.45, 2.75) is 0 Å². The van der Waals surface area contributed by atoms with E-state index in [9.17, 15) is 14.4 Å². The first-order valence-corrected chi connectivity index (χ1v) is 8.83. The minimum atomic E-state index is -0.379. The third-order valence-corrected chi connectivity index (χ3v) is 4.56. The molecule has 0 saturated carbocycles. The molecule has 6 nitrogen and oxygen atoms in total. The summed E-state index contributed by atoms with van der Waals surface area (Å²) in [7, 11) is 0. The third-order valence-electron chi connectivity index (χ3n) is 4.12. The minimum absolute atomic E-state index is 0.344. The quantitative estimate of drug-likeness (QED) is 0.650. The third kappa shape index (κ3) is 3.13. The van der Waals surface area contributed by atoms with Gasteiger partial charge >= 0.3 is 0 Å². The Hall–Kier alpha value is -3.32. The van der Waals surface area contributed by atoms with Gasteiger partial charge in [0.15, 0.2) is 0 Å². The molecule has 1 N–H and O–H groups in total. The Labute approximate surface area is 163 Å². The van der Waals surface area contributed by atoms with Gasteiger partial charge in [0.05, 0.1) is 22.4 Å². The molecule has 3 amide bonds. The van der Waals surface area contributed by atoms with Crippen molar-refractivity contribution in [3.63, 3.8) is 0 Å². The highest BCUT2D eigenvalue weighted by atomic mass is 79.9. The predicted molar refractivity (Wildman–Crippen MR) is 104 cm³/mol. The molecule has 0 unspecified atom stereocenters. The molecule has 0 atom stereocenters. The van der Waals surface area contributed by atoms with E-state index in [1.807, 2.05) is 0 Å². The summed E-state index contributed by atoms with van der Waals surface area (Å²) >= 11 is 3.28. The topological polar surface area (TPSA) is 79.4 Å². The fourth-order valence-electron chi connectivity index (χ4n) is 2.89. The smallest absolute Gasteiger partial charge is 0.266 e. The van der Waals surface area contributed by atoms with Crippen molar-refractivity contribution < 1.29 is 14.4 Å². The number of aromatic nitrogens is 1. The maximum Gasteiger partial charge on any atom is 0.266 e. The molecule has 0 aliphatic carbocycles. The molecule has 1 aliphatic rings. The summed E-state index contributed by atoms with van der Waals surface area (Å²) in [5.74, 6) is -1.10. The normalized spacial score (nSPS) is 12.9. The summed E-state index contributed by atoms with van der Waals surface area (Å²) in [6, 6.07) is 14.9. The first kappa shape index (κ1) is 17.1. The lowest BCUT2D eigenvalue weighted by atomic mass is 10.1. The van der Waals surface area contributed by atoms with E-state index in [4.69, 9.17) is 0 Å². The number of anilines is 2. The average Bonchev–Trinajstić information content (AvgIpc) is 2.93. The summed E-state index contributed by atoms with van der Waals surface area (Å²) in [6.07, 6.45) is 3.04. The number of pyridine rings is 1. The van der Waals surface area contributed by atoms with Crippen molar-refractivity contribution in [1.29, 1.82) is 0 Å². The second-order valence-electron chi connectivity index (χ2n) is 5.89. The van der Waals surface area contributed by atoms with Gasteiger partial charge in [-0.2, -0.15) is 0 Å².